The van der Waals surface area contributed by atoms with Crippen molar-refractivity contribution < 1.29 is 4.42 Å². The predicted molar refractivity (Wildman–Crippen MR) is 59.8 cm³/mol. The minimum absolute atomic E-state index is 0.449. The Morgan fingerprint density at radius 3 is 3.06 bits per heavy atom. The van der Waals surface area contributed by atoms with E-state index in [1.165, 1.54) is 0 Å². The van der Waals surface area contributed by atoms with Gasteiger partial charge in [0.05, 0.1) is 12.8 Å². The van der Waals surface area contributed by atoms with E-state index >= 15 is 0 Å². The molecule has 0 fully saturated rings. The van der Waals surface area contributed by atoms with Gasteiger partial charge in [-0.05, 0) is 24.3 Å². The van der Waals surface area contributed by atoms with E-state index in [2.05, 4.69) is 9.97 Å². The number of fused-ring (bicyclic) bond motifs is 1. The van der Waals surface area contributed by atoms with Crippen molar-refractivity contribution >= 4 is 17.1 Å². The molecule has 0 aliphatic carbocycles. The van der Waals surface area contributed by atoms with Crippen molar-refractivity contribution in [3.8, 4) is 0 Å². The van der Waals surface area contributed by atoms with E-state index in [4.69, 9.17) is 10.2 Å². The molecule has 3 aromatic rings. The van der Waals surface area contributed by atoms with Crippen LogP contribution in [0.2, 0.25) is 0 Å². The molecule has 0 spiro atoms. The van der Waals surface area contributed by atoms with Gasteiger partial charge in [0, 0.05) is 6.20 Å². The summed E-state index contributed by atoms with van der Waals surface area (Å²) >= 11 is 0. The lowest BCUT2D eigenvalue weighted by Gasteiger charge is -2.02. The van der Waals surface area contributed by atoms with Crippen LogP contribution in [-0.2, 0) is 6.54 Å². The Morgan fingerprint density at radius 2 is 2.25 bits per heavy atom. The molecule has 0 radical (unpaired) electrons. The van der Waals surface area contributed by atoms with Gasteiger partial charge in [0.2, 0.25) is 5.95 Å². The van der Waals surface area contributed by atoms with Gasteiger partial charge in [-0.25, -0.2) is 9.97 Å². The third-order valence-corrected chi connectivity index (χ3v) is 2.43. The molecule has 0 bridgehead atoms. The van der Waals surface area contributed by atoms with Gasteiger partial charge in [-0.15, -0.1) is 0 Å². The van der Waals surface area contributed by atoms with Gasteiger partial charge in [0.1, 0.15) is 11.3 Å². The number of imidazole rings is 1. The van der Waals surface area contributed by atoms with Crippen molar-refractivity contribution in [2.24, 2.45) is 0 Å². The van der Waals surface area contributed by atoms with Crippen molar-refractivity contribution in [2.45, 2.75) is 6.54 Å². The van der Waals surface area contributed by atoms with Crippen molar-refractivity contribution in [1.29, 1.82) is 0 Å². The molecule has 3 rings (SSSR count). The molecular formula is C11H10N4O. The highest BCUT2D eigenvalue weighted by Crippen LogP contribution is 2.16. The molecule has 0 unspecified atom stereocenters. The molecule has 0 aliphatic heterocycles. The molecule has 80 valence electrons. The first kappa shape index (κ1) is 8.96. The van der Waals surface area contributed by atoms with Crippen LogP contribution in [0.1, 0.15) is 5.76 Å². The standard InChI is InChI=1S/C11H10N4O/c12-11-14-9-4-1-5-13-10(9)15(11)7-8-3-2-6-16-8/h1-6H,7H2,(H2,12,14). The minimum Gasteiger partial charge on any atom is -0.467 e. The van der Waals surface area contributed by atoms with Gasteiger partial charge in [-0.1, -0.05) is 0 Å². The molecule has 5 heteroatoms. The first-order valence-corrected chi connectivity index (χ1v) is 4.94. The van der Waals surface area contributed by atoms with E-state index in [0.717, 1.165) is 16.9 Å². The number of pyridine rings is 1. The summed E-state index contributed by atoms with van der Waals surface area (Å²) < 4.78 is 7.11. The number of aromatic nitrogens is 3. The van der Waals surface area contributed by atoms with Crippen LogP contribution in [0.25, 0.3) is 11.2 Å². The van der Waals surface area contributed by atoms with E-state index < -0.39 is 0 Å². The summed E-state index contributed by atoms with van der Waals surface area (Å²) in [6, 6.07) is 7.47. The van der Waals surface area contributed by atoms with Crippen LogP contribution in [0.4, 0.5) is 5.95 Å². The Bertz CT molecular complexity index is 612. The predicted octanol–water partition coefficient (Wildman–Crippen LogP) is 1.65. The van der Waals surface area contributed by atoms with E-state index in [9.17, 15) is 0 Å². The fourth-order valence-corrected chi connectivity index (χ4v) is 1.69. The summed E-state index contributed by atoms with van der Waals surface area (Å²) in [5.41, 5.74) is 7.41. The summed E-state index contributed by atoms with van der Waals surface area (Å²) in [4.78, 5) is 8.49. The second kappa shape index (κ2) is 3.37. The van der Waals surface area contributed by atoms with Gasteiger partial charge >= 0.3 is 0 Å². The van der Waals surface area contributed by atoms with Gasteiger partial charge in [0.15, 0.2) is 5.65 Å². The summed E-state index contributed by atoms with van der Waals surface area (Å²) in [7, 11) is 0. The maximum Gasteiger partial charge on any atom is 0.202 e. The van der Waals surface area contributed by atoms with E-state index in [1.54, 1.807) is 12.5 Å². The van der Waals surface area contributed by atoms with Crippen molar-refractivity contribution in [3.63, 3.8) is 0 Å². The minimum atomic E-state index is 0.449. The number of rotatable bonds is 2. The quantitative estimate of drug-likeness (QED) is 0.704. The van der Waals surface area contributed by atoms with Crippen molar-refractivity contribution in [1.82, 2.24) is 14.5 Å². The highest BCUT2D eigenvalue weighted by Gasteiger charge is 2.09. The fourth-order valence-electron chi connectivity index (χ4n) is 1.69. The Hall–Kier alpha value is -2.30. The van der Waals surface area contributed by atoms with Crippen LogP contribution >= 0.6 is 0 Å². The Morgan fingerprint density at radius 1 is 1.31 bits per heavy atom. The average molecular weight is 214 g/mol. The average Bonchev–Trinajstić information content (AvgIpc) is 2.89. The summed E-state index contributed by atoms with van der Waals surface area (Å²) in [6.07, 6.45) is 3.36. The lowest BCUT2D eigenvalue weighted by molar-refractivity contribution is 0.497. The number of nitrogen functional groups attached to an aromatic ring is 1. The molecule has 5 nitrogen and oxygen atoms in total. The van der Waals surface area contributed by atoms with Crippen molar-refractivity contribution in [3.05, 3.63) is 42.5 Å². The third kappa shape index (κ3) is 1.33. The zero-order chi connectivity index (χ0) is 11.0. The molecule has 0 saturated heterocycles. The number of furan rings is 1. The van der Waals surface area contributed by atoms with Crippen LogP contribution < -0.4 is 5.73 Å². The van der Waals surface area contributed by atoms with Crippen LogP contribution in [0.5, 0.6) is 0 Å². The zero-order valence-electron chi connectivity index (χ0n) is 8.50. The number of hydrogen-bond acceptors (Lipinski definition) is 4. The number of hydrogen-bond donors (Lipinski definition) is 1. The first-order valence-electron chi connectivity index (χ1n) is 4.94. The third-order valence-electron chi connectivity index (χ3n) is 2.43. The molecule has 3 aromatic heterocycles. The summed E-state index contributed by atoms with van der Waals surface area (Å²) in [5, 5.41) is 0. The van der Waals surface area contributed by atoms with Gasteiger partial charge in [0.25, 0.3) is 0 Å². The van der Waals surface area contributed by atoms with Gasteiger partial charge in [-0.3, -0.25) is 4.57 Å². The Balaban J connectivity index is 2.12. The molecule has 16 heavy (non-hydrogen) atoms. The molecule has 0 aliphatic rings. The van der Waals surface area contributed by atoms with Crippen LogP contribution in [0.15, 0.2) is 41.1 Å². The van der Waals surface area contributed by atoms with Crippen molar-refractivity contribution in [2.75, 3.05) is 5.73 Å². The van der Waals surface area contributed by atoms with Crippen LogP contribution in [-0.4, -0.2) is 14.5 Å². The van der Waals surface area contributed by atoms with E-state index in [-0.39, 0.29) is 0 Å². The molecule has 3 heterocycles. The first-order chi connectivity index (χ1) is 7.84. The molecular weight excluding hydrogens is 204 g/mol. The fraction of sp³-hybridized carbons (Fsp3) is 0.0909. The number of anilines is 1. The van der Waals surface area contributed by atoms with E-state index in [1.807, 2.05) is 28.8 Å². The van der Waals surface area contributed by atoms with Gasteiger partial charge < -0.3 is 10.2 Å². The number of nitrogens with two attached hydrogens (primary N) is 1. The lowest BCUT2D eigenvalue weighted by atomic mass is 10.4. The summed E-state index contributed by atoms with van der Waals surface area (Å²) in [5.74, 6) is 1.28. The summed E-state index contributed by atoms with van der Waals surface area (Å²) in [6.45, 7) is 0.548. The van der Waals surface area contributed by atoms with Crippen LogP contribution in [0.3, 0.4) is 0 Å². The normalized spacial score (nSPS) is 11.0. The van der Waals surface area contributed by atoms with Crippen LogP contribution in [0, 0.1) is 0 Å². The molecule has 2 N–H and O–H groups in total. The maximum atomic E-state index is 5.84. The maximum absolute atomic E-state index is 5.84. The second-order valence-corrected chi connectivity index (χ2v) is 3.48. The van der Waals surface area contributed by atoms with Gasteiger partial charge in [-0.2, -0.15) is 0 Å². The largest absolute Gasteiger partial charge is 0.467 e. The monoisotopic (exact) mass is 214 g/mol. The molecule has 0 atom stereocenters. The Kier molecular flexibility index (Phi) is 1.89. The highest BCUT2D eigenvalue weighted by molar-refractivity contribution is 5.73. The Labute approximate surface area is 91.5 Å². The molecule has 0 aromatic carbocycles. The topological polar surface area (TPSA) is 69.9 Å². The second-order valence-electron chi connectivity index (χ2n) is 3.48. The number of nitrogens with zero attached hydrogens (tertiary/aromatic N) is 3. The molecule has 0 saturated carbocycles. The smallest absolute Gasteiger partial charge is 0.202 e. The van der Waals surface area contributed by atoms with E-state index in [0.29, 0.717) is 12.5 Å². The molecule has 0 amide bonds. The lowest BCUT2D eigenvalue weighted by Crippen LogP contribution is -2.04. The zero-order valence-corrected chi connectivity index (χ0v) is 8.50. The highest BCUT2D eigenvalue weighted by atomic mass is 16.3. The SMILES string of the molecule is Nc1nc2cccnc2n1Cc1ccco1.